The Morgan fingerprint density at radius 3 is 2.61 bits per heavy atom. The molecule has 4 aromatic rings. The van der Waals surface area contributed by atoms with E-state index in [2.05, 4.69) is 35.3 Å². The number of nitrogens with zero attached hydrogens (tertiary/aromatic N) is 3. The molecule has 0 aliphatic carbocycles. The minimum absolute atomic E-state index is 0.324. The second kappa shape index (κ2) is 7.28. The molecule has 0 bridgehead atoms. The first-order valence-electron chi connectivity index (χ1n) is 9.07. The third-order valence-corrected chi connectivity index (χ3v) is 6.16. The van der Waals surface area contributed by atoms with Crippen molar-refractivity contribution in [2.45, 2.75) is 31.7 Å². The third-order valence-electron chi connectivity index (χ3n) is 5.10. The van der Waals surface area contributed by atoms with E-state index in [0.29, 0.717) is 11.3 Å². The van der Waals surface area contributed by atoms with Gasteiger partial charge in [-0.25, -0.2) is 4.79 Å². The summed E-state index contributed by atoms with van der Waals surface area (Å²) in [4.78, 5) is 12.1. The van der Waals surface area contributed by atoms with E-state index < -0.39 is 0 Å². The first-order valence-corrected chi connectivity index (χ1v) is 10.1. The zero-order valence-electron chi connectivity index (χ0n) is 16.3. The molecule has 0 unspecified atom stereocenters. The maximum absolute atomic E-state index is 12.1. The number of benzene rings is 2. The van der Waals surface area contributed by atoms with Gasteiger partial charge in [-0.2, -0.15) is 0 Å². The SMILES string of the molecule is Cc1ccccc1-c1nnc(SCc2cc(=O)oc3c(C)c(C)ccc23)n1C. The lowest BCUT2D eigenvalue weighted by molar-refractivity contribution is 0.557. The van der Waals surface area contributed by atoms with E-state index in [1.165, 1.54) is 0 Å². The molecule has 0 amide bonds. The van der Waals surface area contributed by atoms with Crippen LogP contribution in [0.3, 0.4) is 0 Å². The summed E-state index contributed by atoms with van der Waals surface area (Å²) >= 11 is 1.56. The quantitative estimate of drug-likeness (QED) is 0.369. The van der Waals surface area contributed by atoms with Crippen molar-refractivity contribution in [3.05, 3.63) is 75.1 Å². The van der Waals surface area contributed by atoms with Crippen molar-refractivity contribution < 1.29 is 4.42 Å². The summed E-state index contributed by atoms with van der Waals surface area (Å²) in [7, 11) is 1.97. The molecule has 0 atom stereocenters. The van der Waals surface area contributed by atoms with Gasteiger partial charge in [-0.3, -0.25) is 0 Å². The average molecular weight is 391 g/mol. The molecule has 2 aromatic carbocycles. The zero-order chi connectivity index (χ0) is 19.8. The lowest BCUT2D eigenvalue weighted by Gasteiger charge is -2.09. The monoisotopic (exact) mass is 391 g/mol. The number of rotatable bonds is 4. The molecule has 0 saturated carbocycles. The van der Waals surface area contributed by atoms with Gasteiger partial charge in [0.1, 0.15) is 5.58 Å². The number of hydrogen-bond acceptors (Lipinski definition) is 5. The number of thioether (sulfide) groups is 1. The van der Waals surface area contributed by atoms with Crippen LogP contribution in [0.15, 0.2) is 56.8 Å². The zero-order valence-corrected chi connectivity index (χ0v) is 17.1. The Balaban J connectivity index is 1.67. The van der Waals surface area contributed by atoms with Gasteiger partial charge in [0, 0.05) is 29.8 Å². The van der Waals surface area contributed by atoms with Crippen LogP contribution in [-0.2, 0) is 12.8 Å². The molecule has 4 rings (SSSR count). The summed E-state index contributed by atoms with van der Waals surface area (Å²) < 4.78 is 7.46. The van der Waals surface area contributed by atoms with Gasteiger partial charge in [-0.1, -0.05) is 48.2 Å². The molecule has 0 aliphatic heterocycles. The summed E-state index contributed by atoms with van der Waals surface area (Å²) in [5, 5.41) is 10.5. The van der Waals surface area contributed by atoms with Crippen molar-refractivity contribution in [2.24, 2.45) is 7.05 Å². The predicted octanol–water partition coefficient (Wildman–Crippen LogP) is 4.81. The Morgan fingerprint density at radius 2 is 1.82 bits per heavy atom. The van der Waals surface area contributed by atoms with Gasteiger partial charge in [0.15, 0.2) is 11.0 Å². The number of hydrogen-bond donors (Lipinski definition) is 0. The van der Waals surface area contributed by atoms with Gasteiger partial charge in [0.05, 0.1) is 0 Å². The van der Waals surface area contributed by atoms with Crippen LogP contribution in [-0.4, -0.2) is 14.8 Å². The lowest BCUT2D eigenvalue weighted by atomic mass is 10.0. The summed E-state index contributed by atoms with van der Waals surface area (Å²) in [6.07, 6.45) is 0. The molecule has 0 radical (unpaired) electrons. The standard InChI is InChI=1S/C22H21N3O2S/c1-13-9-10-18-16(11-19(26)27-20(18)15(13)3)12-28-22-24-23-21(25(22)4)17-8-6-5-7-14(17)2/h5-11H,12H2,1-4H3. The minimum Gasteiger partial charge on any atom is -0.422 e. The molecule has 0 N–H and O–H groups in total. The van der Waals surface area contributed by atoms with Crippen molar-refractivity contribution >= 4 is 22.7 Å². The molecule has 6 heteroatoms. The molecule has 2 aromatic heterocycles. The first-order chi connectivity index (χ1) is 13.5. The van der Waals surface area contributed by atoms with E-state index in [-0.39, 0.29) is 5.63 Å². The molecular formula is C22H21N3O2S. The highest BCUT2D eigenvalue weighted by Crippen LogP contribution is 2.30. The van der Waals surface area contributed by atoms with Crippen LogP contribution in [0.2, 0.25) is 0 Å². The van der Waals surface area contributed by atoms with Crippen molar-refractivity contribution in [3.8, 4) is 11.4 Å². The van der Waals surface area contributed by atoms with E-state index in [0.717, 1.165) is 44.2 Å². The van der Waals surface area contributed by atoms with Gasteiger partial charge in [0.25, 0.3) is 0 Å². The number of aryl methyl sites for hydroxylation is 3. The Hall–Kier alpha value is -2.86. The normalized spacial score (nSPS) is 11.3. The Bertz CT molecular complexity index is 1240. The number of aromatic nitrogens is 3. The van der Waals surface area contributed by atoms with Crippen LogP contribution >= 0.6 is 11.8 Å². The molecule has 142 valence electrons. The van der Waals surface area contributed by atoms with Gasteiger partial charge in [-0.05, 0) is 43.0 Å². The van der Waals surface area contributed by atoms with Crippen LogP contribution < -0.4 is 5.63 Å². The Morgan fingerprint density at radius 1 is 1.04 bits per heavy atom. The molecule has 0 spiro atoms. The predicted molar refractivity (Wildman–Crippen MR) is 113 cm³/mol. The summed E-state index contributed by atoms with van der Waals surface area (Å²) in [5.74, 6) is 1.45. The molecule has 0 aliphatic rings. The Labute approximate surface area is 167 Å². The van der Waals surface area contributed by atoms with E-state index in [4.69, 9.17) is 4.42 Å². The molecule has 0 saturated heterocycles. The maximum atomic E-state index is 12.1. The fraction of sp³-hybridized carbons (Fsp3) is 0.227. The molecule has 0 fully saturated rings. The van der Waals surface area contributed by atoms with Crippen LogP contribution in [0.5, 0.6) is 0 Å². The van der Waals surface area contributed by atoms with Gasteiger partial charge in [-0.15, -0.1) is 10.2 Å². The molecular weight excluding hydrogens is 370 g/mol. The molecule has 2 heterocycles. The van der Waals surface area contributed by atoms with E-state index in [1.54, 1.807) is 17.8 Å². The second-order valence-electron chi connectivity index (χ2n) is 6.94. The van der Waals surface area contributed by atoms with Crippen LogP contribution in [0.25, 0.3) is 22.4 Å². The van der Waals surface area contributed by atoms with Gasteiger partial charge in [0.2, 0.25) is 0 Å². The first kappa shape index (κ1) is 18.5. The summed E-state index contributed by atoms with van der Waals surface area (Å²) in [6.45, 7) is 6.06. The van der Waals surface area contributed by atoms with E-state index in [1.807, 2.05) is 43.7 Å². The second-order valence-corrected chi connectivity index (χ2v) is 7.89. The highest BCUT2D eigenvalue weighted by molar-refractivity contribution is 7.98. The fourth-order valence-corrected chi connectivity index (χ4v) is 4.19. The average Bonchev–Trinajstić information content (AvgIpc) is 3.04. The lowest BCUT2D eigenvalue weighted by Crippen LogP contribution is -2.02. The van der Waals surface area contributed by atoms with Gasteiger partial charge < -0.3 is 8.98 Å². The van der Waals surface area contributed by atoms with Crippen molar-refractivity contribution in [3.63, 3.8) is 0 Å². The van der Waals surface area contributed by atoms with Crippen LogP contribution in [0.4, 0.5) is 0 Å². The number of fused-ring (bicyclic) bond motifs is 1. The maximum Gasteiger partial charge on any atom is 0.336 e. The Kier molecular flexibility index (Phi) is 4.81. The van der Waals surface area contributed by atoms with Crippen LogP contribution in [0, 0.1) is 20.8 Å². The van der Waals surface area contributed by atoms with E-state index in [9.17, 15) is 4.79 Å². The summed E-state index contributed by atoms with van der Waals surface area (Å²) in [6, 6.07) is 13.8. The highest BCUT2D eigenvalue weighted by atomic mass is 32.2. The van der Waals surface area contributed by atoms with Crippen molar-refractivity contribution in [2.75, 3.05) is 0 Å². The summed E-state index contributed by atoms with van der Waals surface area (Å²) in [5.41, 5.74) is 5.63. The topological polar surface area (TPSA) is 60.9 Å². The fourth-order valence-electron chi connectivity index (χ4n) is 3.29. The third kappa shape index (κ3) is 3.24. The minimum atomic E-state index is -0.324. The van der Waals surface area contributed by atoms with E-state index >= 15 is 0 Å². The highest BCUT2D eigenvalue weighted by Gasteiger charge is 2.15. The van der Waals surface area contributed by atoms with Crippen molar-refractivity contribution in [1.82, 2.24) is 14.8 Å². The molecule has 5 nitrogen and oxygen atoms in total. The van der Waals surface area contributed by atoms with Crippen LogP contribution in [0.1, 0.15) is 22.3 Å². The van der Waals surface area contributed by atoms with Crippen molar-refractivity contribution in [1.29, 1.82) is 0 Å². The largest absolute Gasteiger partial charge is 0.422 e. The van der Waals surface area contributed by atoms with Gasteiger partial charge >= 0.3 is 5.63 Å². The molecule has 28 heavy (non-hydrogen) atoms. The smallest absolute Gasteiger partial charge is 0.336 e.